The number of methoxy groups -OCH3 is 1. The van der Waals surface area contributed by atoms with Crippen molar-refractivity contribution in [1.82, 2.24) is 19.7 Å². The summed E-state index contributed by atoms with van der Waals surface area (Å²) < 4.78 is 7.04. The summed E-state index contributed by atoms with van der Waals surface area (Å²) in [5.74, 6) is 0.908. The van der Waals surface area contributed by atoms with Gasteiger partial charge in [-0.3, -0.25) is 0 Å². The van der Waals surface area contributed by atoms with Crippen LogP contribution in [0, 0.1) is 0 Å². The summed E-state index contributed by atoms with van der Waals surface area (Å²) in [5.41, 5.74) is 1.64. The molecular weight excluding hydrogens is 340 g/mol. The number of hydrogen-bond acceptors (Lipinski definition) is 5. The average Bonchev–Trinajstić information content (AvgIpc) is 3.03. The Hall–Kier alpha value is -2.44. The molecule has 0 saturated heterocycles. The molecule has 0 unspecified atom stereocenters. The number of hydrogen-bond donors (Lipinski definition) is 1. The number of halogens is 1. The first kappa shape index (κ1) is 17.4. The molecule has 1 aromatic carbocycles. The number of aliphatic hydroxyl groups is 1. The second-order valence-electron chi connectivity index (χ2n) is 6.24. The Labute approximate surface area is 151 Å². The minimum absolute atomic E-state index is 0.379. The van der Waals surface area contributed by atoms with Crippen molar-refractivity contribution in [3.05, 3.63) is 59.3 Å². The van der Waals surface area contributed by atoms with E-state index in [9.17, 15) is 5.11 Å². The van der Waals surface area contributed by atoms with Gasteiger partial charge in [-0.15, -0.1) is 0 Å². The van der Waals surface area contributed by atoms with Gasteiger partial charge in [-0.05, 0) is 43.2 Å². The van der Waals surface area contributed by atoms with Gasteiger partial charge >= 0.3 is 0 Å². The Kier molecular flexibility index (Phi) is 4.74. The third kappa shape index (κ3) is 3.97. The maximum Gasteiger partial charge on any atom is 0.221 e. The fourth-order valence-electron chi connectivity index (χ4n) is 2.45. The highest BCUT2D eigenvalue weighted by Crippen LogP contribution is 2.30. The zero-order chi connectivity index (χ0) is 18.0. The van der Waals surface area contributed by atoms with Crippen LogP contribution in [0.15, 0.2) is 42.9 Å². The van der Waals surface area contributed by atoms with E-state index in [1.54, 1.807) is 38.2 Å². The predicted octanol–water partition coefficient (Wildman–Crippen LogP) is 3.28. The summed E-state index contributed by atoms with van der Waals surface area (Å²) in [6, 6.07) is 9.52. The average molecular weight is 359 g/mol. The van der Waals surface area contributed by atoms with Crippen LogP contribution in [0.5, 0.6) is 5.88 Å². The van der Waals surface area contributed by atoms with Crippen molar-refractivity contribution in [1.29, 1.82) is 0 Å². The van der Waals surface area contributed by atoms with Crippen LogP contribution < -0.4 is 4.74 Å². The van der Waals surface area contributed by atoms with E-state index in [0.717, 1.165) is 16.7 Å². The topological polar surface area (TPSA) is 73.1 Å². The van der Waals surface area contributed by atoms with Gasteiger partial charge in [0.05, 0.1) is 13.7 Å². The molecule has 7 heteroatoms. The number of pyridine rings is 1. The van der Waals surface area contributed by atoms with Crippen molar-refractivity contribution in [3.8, 4) is 17.0 Å². The molecule has 25 heavy (non-hydrogen) atoms. The largest absolute Gasteiger partial charge is 0.481 e. The van der Waals surface area contributed by atoms with Gasteiger partial charge in [-0.25, -0.2) is 14.6 Å². The van der Waals surface area contributed by atoms with Gasteiger partial charge in [0, 0.05) is 16.8 Å². The van der Waals surface area contributed by atoms with Gasteiger partial charge in [0.15, 0.2) is 5.82 Å². The molecule has 3 rings (SSSR count). The van der Waals surface area contributed by atoms with Crippen LogP contribution in [-0.2, 0) is 12.1 Å². The Morgan fingerprint density at radius 2 is 2.04 bits per heavy atom. The Morgan fingerprint density at radius 1 is 1.24 bits per heavy atom. The van der Waals surface area contributed by atoms with E-state index in [-0.39, 0.29) is 0 Å². The van der Waals surface area contributed by atoms with Crippen molar-refractivity contribution < 1.29 is 9.84 Å². The molecule has 2 heterocycles. The lowest BCUT2D eigenvalue weighted by Crippen LogP contribution is -2.18. The first-order valence-corrected chi connectivity index (χ1v) is 8.16. The minimum atomic E-state index is -1.07. The van der Waals surface area contributed by atoms with Crippen LogP contribution in [0.3, 0.4) is 0 Å². The zero-order valence-electron chi connectivity index (χ0n) is 14.3. The number of benzene rings is 1. The third-order valence-electron chi connectivity index (χ3n) is 3.67. The second kappa shape index (κ2) is 6.82. The van der Waals surface area contributed by atoms with Crippen LogP contribution in [0.4, 0.5) is 0 Å². The minimum Gasteiger partial charge on any atom is -0.481 e. The molecule has 0 aliphatic carbocycles. The fraction of sp³-hybridized carbons (Fsp3) is 0.278. The number of aromatic nitrogens is 4. The summed E-state index contributed by atoms with van der Waals surface area (Å²) >= 11 is 6.10. The number of rotatable bonds is 5. The third-order valence-corrected chi connectivity index (χ3v) is 3.90. The summed E-state index contributed by atoms with van der Waals surface area (Å²) in [6.07, 6.45) is 3.33. The first-order chi connectivity index (χ1) is 11.9. The van der Waals surface area contributed by atoms with Crippen LogP contribution in [0.1, 0.15) is 25.2 Å². The van der Waals surface area contributed by atoms with Crippen LogP contribution in [0.2, 0.25) is 5.02 Å². The van der Waals surface area contributed by atoms with E-state index in [4.69, 9.17) is 16.3 Å². The summed E-state index contributed by atoms with van der Waals surface area (Å²) in [5, 5.41) is 14.9. The molecule has 3 aromatic rings. The molecule has 0 amide bonds. The van der Waals surface area contributed by atoms with Crippen molar-refractivity contribution >= 4 is 11.6 Å². The normalized spacial score (nSPS) is 11.6. The molecule has 2 aromatic heterocycles. The molecular formula is C18H19ClN4O2. The van der Waals surface area contributed by atoms with Crippen molar-refractivity contribution in [3.63, 3.8) is 0 Å². The molecule has 0 aliphatic rings. The zero-order valence-corrected chi connectivity index (χ0v) is 15.0. The lowest BCUT2D eigenvalue weighted by molar-refractivity contribution is 0.0686. The Morgan fingerprint density at radius 3 is 2.68 bits per heavy atom. The van der Waals surface area contributed by atoms with Crippen molar-refractivity contribution in [2.75, 3.05) is 7.11 Å². The highest BCUT2D eigenvalue weighted by molar-refractivity contribution is 6.30. The SMILES string of the molecule is COc1ncc(Cn2cnc(C(C)(C)O)n2)cc1-c1cccc(Cl)c1. The van der Waals surface area contributed by atoms with E-state index in [0.29, 0.717) is 23.3 Å². The first-order valence-electron chi connectivity index (χ1n) is 7.78. The van der Waals surface area contributed by atoms with E-state index < -0.39 is 5.60 Å². The summed E-state index contributed by atoms with van der Waals surface area (Å²) in [6.45, 7) is 3.78. The van der Waals surface area contributed by atoms with Gasteiger partial charge in [0.1, 0.15) is 11.9 Å². The monoisotopic (exact) mass is 358 g/mol. The second-order valence-corrected chi connectivity index (χ2v) is 6.67. The van der Waals surface area contributed by atoms with Gasteiger partial charge in [0.2, 0.25) is 5.88 Å². The van der Waals surface area contributed by atoms with E-state index in [1.807, 2.05) is 30.3 Å². The maximum atomic E-state index is 9.98. The highest BCUT2D eigenvalue weighted by atomic mass is 35.5. The lowest BCUT2D eigenvalue weighted by atomic mass is 10.1. The molecule has 130 valence electrons. The molecule has 1 N–H and O–H groups in total. The number of nitrogens with zero attached hydrogens (tertiary/aromatic N) is 4. The van der Waals surface area contributed by atoms with Gasteiger partial charge in [0.25, 0.3) is 0 Å². The number of ether oxygens (including phenoxy) is 1. The van der Waals surface area contributed by atoms with Crippen LogP contribution >= 0.6 is 11.6 Å². The summed E-state index contributed by atoms with van der Waals surface area (Å²) in [4.78, 5) is 8.53. The molecule has 6 nitrogen and oxygen atoms in total. The van der Waals surface area contributed by atoms with Gasteiger partial charge < -0.3 is 9.84 Å². The predicted molar refractivity (Wildman–Crippen MR) is 95.6 cm³/mol. The molecule has 0 saturated carbocycles. The van der Waals surface area contributed by atoms with Gasteiger partial charge in [-0.1, -0.05) is 23.7 Å². The van der Waals surface area contributed by atoms with E-state index in [2.05, 4.69) is 15.1 Å². The highest BCUT2D eigenvalue weighted by Gasteiger charge is 2.21. The molecule has 0 spiro atoms. The Bertz CT molecular complexity index is 887. The molecule has 0 aliphatic heterocycles. The van der Waals surface area contributed by atoms with E-state index >= 15 is 0 Å². The lowest BCUT2D eigenvalue weighted by Gasteiger charge is -2.12. The molecule has 0 atom stereocenters. The molecule has 0 fully saturated rings. The van der Waals surface area contributed by atoms with E-state index in [1.165, 1.54) is 0 Å². The Balaban J connectivity index is 1.93. The maximum absolute atomic E-state index is 9.98. The summed E-state index contributed by atoms with van der Waals surface area (Å²) in [7, 11) is 1.59. The standard InChI is InChI=1S/C18H19ClN4O2/c1-18(2,24)17-21-11-23(22-17)10-12-7-15(16(25-3)20-9-12)13-5-4-6-14(19)8-13/h4-9,11,24H,10H2,1-3H3. The molecule has 0 radical (unpaired) electrons. The molecule has 0 bridgehead atoms. The quantitative estimate of drug-likeness (QED) is 0.757. The van der Waals surface area contributed by atoms with Crippen molar-refractivity contribution in [2.45, 2.75) is 26.0 Å². The van der Waals surface area contributed by atoms with Crippen LogP contribution in [0.25, 0.3) is 11.1 Å². The van der Waals surface area contributed by atoms with Gasteiger partial charge in [-0.2, -0.15) is 5.10 Å². The fourth-order valence-corrected chi connectivity index (χ4v) is 2.64. The smallest absolute Gasteiger partial charge is 0.221 e. The van der Waals surface area contributed by atoms with Crippen molar-refractivity contribution in [2.24, 2.45) is 0 Å². The van der Waals surface area contributed by atoms with Crippen LogP contribution in [-0.4, -0.2) is 32.0 Å².